The molecule has 2 aromatic rings. The number of carbonyl (C=O) groups is 1. The summed E-state index contributed by atoms with van der Waals surface area (Å²) in [6.45, 7) is -0.00499. The van der Waals surface area contributed by atoms with Gasteiger partial charge in [0.1, 0.15) is 17.6 Å². The SMILES string of the molecule is COc1cc(C(=O)N/N=C\c2cc(I)c(OCC#N)c(I)c2)ccc1I. The fourth-order valence-corrected chi connectivity index (χ4v) is 4.61. The Bertz CT molecular complexity index is 872. The summed E-state index contributed by atoms with van der Waals surface area (Å²) in [7, 11) is 1.56. The van der Waals surface area contributed by atoms with Crippen molar-refractivity contribution in [3.63, 3.8) is 0 Å². The second kappa shape index (κ2) is 10.3. The number of ether oxygens (including phenoxy) is 2. The van der Waals surface area contributed by atoms with Crippen molar-refractivity contribution in [1.29, 1.82) is 5.26 Å². The Hall–Kier alpha value is -1.14. The number of nitriles is 1. The molecule has 0 aromatic heterocycles. The topological polar surface area (TPSA) is 83.7 Å². The van der Waals surface area contributed by atoms with Gasteiger partial charge in [-0.25, -0.2) is 5.43 Å². The van der Waals surface area contributed by atoms with Crippen molar-refractivity contribution in [2.75, 3.05) is 13.7 Å². The first-order valence-electron chi connectivity index (χ1n) is 7.12. The molecule has 0 aliphatic rings. The van der Waals surface area contributed by atoms with E-state index in [-0.39, 0.29) is 12.5 Å². The second-order valence-corrected chi connectivity index (χ2v) is 8.30. The summed E-state index contributed by atoms with van der Waals surface area (Å²) >= 11 is 6.41. The number of hydrogen-bond donors (Lipinski definition) is 1. The predicted molar refractivity (Wildman–Crippen MR) is 124 cm³/mol. The molecule has 0 saturated heterocycles. The molecule has 6 nitrogen and oxygen atoms in total. The van der Waals surface area contributed by atoms with Crippen molar-refractivity contribution in [2.45, 2.75) is 0 Å². The van der Waals surface area contributed by atoms with Gasteiger partial charge in [-0.2, -0.15) is 10.4 Å². The van der Waals surface area contributed by atoms with E-state index in [2.05, 4.69) is 78.3 Å². The second-order valence-electron chi connectivity index (χ2n) is 4.81. The van der Waals surface area contributed by atoms with Crippen LogP contribution >= 0.6 is 67.8 Å². The molecule has 1 N–H and O–H groups in total. The molecule has 0 heterocycles. The molecule has 0 radical (unpaired) electrons. The van der Waals surface area contributed by atoms with E-state index >= 15 is 0 Å². The zero-order valence-electron chi connectivity index (χ0n) is 13.4. The number of benzene rings is 2. The van der Waals surface area contributed by atoms with Crippen LogP contribution in [0.4, 0.5) is 0 Å². The smallest absolute Gasteiger partial charge is 0.271 e. The maximum absolute atomic E-state index is 12.2. The molecule has 0 spiro atoms. The first kappa shape index (κ1) is 21.2. The van der Waals surface area contributed by atoms with Gasteiger partial charge in [0, 0.05) is 5.56 Å². The summed E-state index contributed by atoms with van der Waals surface area (Å²) in [6.07, 6.45) is 1.56. The van der Waals surface area contributed by atoms with Crippen LogP contribution in [0.5, 0.6) is 11.5 Å². The lowest BCUT2D eigenvalue weighted by Gasteiger charge is -2.08. The van der Waals surface area contributed by atoms with Crippen molar-refractivity contribution < 1.29 is 14.3 Å². The number of methoxy groups -OCH3 is 1. The van der Waals surface area contributed by atoms with Gasteiger partial charge in [-0.3, -0.25) is 4.79 Å². The van der Waals surface area contributed by atoms with Crippen molar-refractivity contribution in [3.8, 4) is 17.6 Å². The summed E-state index contributed by atoms with van der Waals surface area (Å²) in [5.41, 5.74) is 3.77. The average molecular weight is 687 g/mol. The van der Waals surface area contributed by atoms with Crippen molar-refractivity contribution >= 4 is 79.9 Å². The maximum atomic E-state index is 12.2. The number of nitrogens with zero attached hydrogens (tertiary/aromatic N) is 2. The van der Waals surface area contributed by atoms with Crippen LogP contribution in [0, 0.1) is 22.0 Å². The van der Waals surface area contributed by atoms with Gasteiger partial charge in [0.2, 0.25) is 0 Å². The molecule has 0 aliphatic carbocycles. The van der Waals surface area contributed by atoms with E-state index in [1.54, 1.807) is 25.5 Å². The largest absolute Gasteiger partial charge is 0.496 e. The van der Waals surface area contributed by atoms with Crippen molar-refractivity contribution in [1.82, 2.24) is 5.43 Å². The third kappa shape index (κ3) is 5.68. The first-order chi connectivity index (χ1) is 12.5. The van der Waals surface area contributed by atoms with Gasteiger partial charge < -0.3 is 9.47 Å². The van der Waals surface area contributed by atoms with Crippen LogP contribution in [0.1, 0.15) is 15.9 Å². The van der Waals surface area contributed by atoms with Crippen LogP contribution in [0.3, 0.4) is 0 Å². The number of nitrogens with one attached hydrogen (secondary N) is 1. The van der Waals surface area contributed by atoms with Crippen LogP contribution in [0.25, 0.3) is 0 Å². The monoisotopic (exact) mass is 687 g/mol. The normalized spacial score (nSPS) is 10.4. The van der Waals surface area contributed by atoms with E-state index in [4.69, 9.17) is 14.7 Å². The van der Waals surface area contributed by atoms with E-state index in [1.165, 1.54) is 0 Å². The quantitative estimate of drug-likeness (QED) is 0.281. The number of hydrogen-bond acceptors (Lipinski definition) is 5. The van der Waals surface area contributed by atoms with Gasteiger partial charge in [0.15, 0.2) is 6.61 Å². The molecule has 9 heteroatoms. The minimum Gasteiger partial charge on any atom is -0.496 e. The summed E-state index contributed by atoms with van der Waals surface area (Å²) in [4.78, 5) is 12.2. The number of rotatable bonds is 6. The van der Waals surface area contributed by atoms with Crippen LogP contribution in [-0.4, -0.2) is 25.8 Å². The highest BCUT2D eigenvalue weighted by Crippen LogP contribution is 2.28. The molecule has 2 aromatic carbocycles. The maximum Gasteiger partial charge on any atom is 0.271 e. The Morgan fingerprint density at radius 1 is 1.23 bits per heavy atom. The van der Waals surface area contributed by atoms with E-state index < -0.39 is 0 Å². The Kier molecular flexibility index (Phi) is 8.35. The minimum absolute atomic E-state index is 0.00499. The molecule has 0 saturated carbocycles. The van der Waals surface area contributed by atoms with Crippen LogP contribution < -0.4 is 14.9 Å². The Labute approximate surface area is 191 Å². The first-order valence-corrected chi connectivity index (χ1v) is 10.4. The summed E-state index contributed by atoms with van der Waals surface area (Å²) in [6, 6.07) is 10.9. The van der Waals surface area contributed by atoms with E-state index in [1.807, 2.05) is 24.3 Å². The molecular formula is C17H12I3N3O3. The van der Waals surface area contributed by atoms with Gasteiger partial charge in [-0.15, -0.1) is 0 Å². The summed E-state index contributed by atoms with van der Waals surface area (Å²) in [5, 5.41) is 12.6. The number of halogens is 3. The fraction of sp³-hybridized carbons (Fsp3) is 0.118. The highest BCUT2D eigenvalue weighted by Gasteiger charge is 2.10. The van der Waals surface area contributed by atoms with Crippen LogP contribution in [0.15, 0.2) is 35.4 Å². The standard InChI is InChI=1S/C17H12I3N3O3/c1-25-15-8-11(2-3-12(15)18)17(24)23-22-9-10-6-13(19)16(14(20)7-10)26-5-4-21/h2-3,6-9H,5H2,1H3,(H,23,24)/b22-9-. The lowest BCUT2D eigenvalue weighted by molar-refractivity contribution is 0.0954. The van der Waals surface area contributed by atoms with E-state index in [0.29, 0.717) is 17.1 Å². The molecular weight excluding hydrogens is 675 g/mol. The zero-order valence-corrected chi connectivity index (χ0v) is 19.9. The van der Waals surface area contributed by atoms with Gasteiger partial charge in [0.25, 0.3) is 5.91 Å². The Balaban J connectivity index is 2.08. The molecule has 0 fully saturated rings. The van der Waals surface area contributed by atoms with Crippen LogP contribution in [0.2, 0.25) is 0 Å². The molecule has 26 heavy (non-hydrogen) atoms. The highest BCUT2D eigenvalue weighted by molar-refractivity contribution is 14.1. The lowest BCUT2D eigenvalue weighted by Crippen LogP contribution is -2.17. The van der Waals surface area contributed by atoms with E-state index in [9.17, 15) is 4.79 Å². The number of amides is 1. The fourth-order valence-electron chi connectivity index (χ4n) is 1.93. The van der Waals surface area contributed by atoms with Crippen molar-refractivity contribution in [3.05, 3.63) is 52.2 Å². The Morgan fingerprint density at radius 2 is 1.92 bits per heavy atom. The molecule has 0 aliphatic heterocycles. The van der Waals surface area contributed by atoms with Gasteiger partial charge >= 0.3 is 0 Å². The van der Waals surface area contributed by atoms with Gasteiger partial charge in [-0.1, -0.05) is 0 Å². The van der Waals surface area contributed by atoms with Crippen LogP contribution in [-0.2, 0) is 0 Å². The highest BCUT2D eigenvalue weighted by atomic mass is 127. The Morgan fingerprint density at radius 3 is 2.54 bits per heavy atom. The third-order valence-electron chi connectivity index (χ3n) is 3.09. The number of carbonyl (C=O) groups excluding carboxylic acids is 1. The van der Waals surface area contributed by atoms with Crippen molar-refractivity contribution in [2.24, 2.45) is 5.10 Å². The minimum atomic E-state index is -0.325. The molecule has 134 valence electrons. The molecule has 2 rings (SSSR count). The molecule has 1 amide bonds. The summed E-state index contributed by atoms with van der Waals surface area (Å²) in [5.74, 6) is 0.980. The number of hydrazone groups is 1. The third-order valence-corrected chi connectivity index (χ3v) is 5.59. The van der Waals surface area contributed by atoms with Gasteiger partial charge in [-0.05, 0) is 104 Å². The van der Waals surface area contributed by atoms with E-state index in [0.717, 1.165) is 16.3 Å². The predicted octanol–water partition coefficient (Wildman–Crippen LogP) is 4.18. The van der Waals surface area contributed by atoms with Gasteiger partial charge in [0.05, 0.1) is 24.0 Å². The molecule has 0 atom stereocenters. The summed E-state index contributed by atoms with van der Waals surface area (Å²) < 4.78 is 13.3. The zero-order chi connectivity index (χ0) is 19.1. The molecule has 0 unspecified atom stereocenters. The average Bonchev–Trinajstić information content (AvgIpc) is 2.61. The molecule has 0 bridgehead atoms. The lowest BCUT2D eigenvalue weighted by atomic mass is 10.2.